The maximum absolute atomic E-state index is 8.79. The number of aromatic nitrogens is 1. The number of hydrogen-bond acceptors (Lipinski definition) is 4. The van der Waals surface area contributed by atoms with Crippen LogP contribution >= 0.6 is 11.8 Å². The van der Waals surface area contributed by atoms with Crippen molar-refractivity contribution in [2.45, 2.75) is 16.2 Å². The van der Waals surface area contributed by atoms with E-state index in [2.05, 4.69) is 34.2 Å². The van der Waals surface area contributed by atoms with E-state index in [1.165, 1.54) is 4.90 Å². The minimum atomic E-state index is 0.495. The molecule has 0 atom stereocenters. The van der Waals surface area contributed by atoms with Crippen molar-refractivity contribution < 1.29 is 0 Å². The summed E-state index contributed by atoms with van der Waals surface area (Å²) >= 11 is 1.73. The smallest absolute Gasteiger partial charge is 0.147 e. The van der Waals surface area contributed by atoms with E-state index in [1.807, 2.05) is 18.2 Å². The standard InChI is InChI=1S/C14H11N3S/c15-8-4-10-17-11-5-1-2-6-12(11)18-13-7-3-9-16-14(13)17/h1-3,5-7,9H,4,10H2. The number of fused-ring (bicyclic) bond motifs is 2. The van der Waals surface area contributed by atoms with Crippen LogP contribution in [0.4, 0.5) is 11.5 Å². The minimum absolute atomic E-state index is 0.495. The van der Waals surface area contributed by atoms with Gasteiger partial charge in [0.25, 0.3) is 0 Å². The molecular formula is C14H11N3S. The van der Waals surface area contributed by atoms with Gasteiger partial charge in [-0.2, -0.15) is 5.26 Å². The molecule has 4 heteroatoms. The molecule has 0 radical (unpaired) electrons. The predicted molar refractivity (Wildman–Crippen MR) is 72.0 cm³/mol. The van der Waals surface area contributed by atoms with Crippen molar-refractivity contribution in [2.75, 3.05) is 11.4 Å². The molecule has 3 nitrogen and oxygen atoms in total. The molecule has 0 bridgehead atoms. The average molecular weight is 253 g/mol. The Morgan fingerprint density at radius 3 is 2.89 bits per heavy atom. The lowest BCUT2D eigenvalue weighted by molar-refractivity contribution is 0.894. The summed E-state index contributed by atoms with van der Waals surface area (Å²) in [5.41, 5.74) is 1.14. The molecule has 1 aromatic carbocycles. The van der Waals surface area contributed by atoms with Crippen LogP contribution in [0.2, 0.25) is 0 Å². The maximum atomic E-state index is 8.79. The monoisotopic (exact) mass is 253 g/mol. The van der Waals surface area contributed by atoms with Gasteiger partial charge in [-0.1, -0.05) is 23.9 Å². The third-order valence-corrected chi connectivity index (χ3v) is 3.93. The zero-order valence-electron chi connectivity index (χ0n) is 9.71. The van der Waals surface area contributed by atoms with Gasteiger partial charge in [-0.15, -0.1) is 0 Å². The Labute approximate surface area is 110 Å². The van der Waals surface area contributed by atoms with Crippen molar-refractivity contribution in [1.29, 1.82) is 5.26 Å². The SMILES string of the molecule is N#CCCN1c2ccccc2Sc2cccnc21. The fraction of sp³-hybridized carbons (Fsp3) is 0.143. The first-order chi connectivity index (χ1) is 8.90. The number of nitrogens with zero attached hydrogens (tertiary/aromatic N) is 3. The topological polar surface area (TPSA) is 39.9 Å². The van der Waals surface area contributed by atoms with E-state index in [0.717, 1.165) is 16.4 Å². The van der Waals surface area contributed by atoms with Gasteiger partial charge in [0.05, 0.1) is 23.1 Å². The summed E-state index contributed by atoms with van der Waals surface area (Å²) < 4.78 is 0. The fourth-order valence-corrected chi connectivity index (χ4v) is 3.12. The molecule has 0 aliphatic carbocycles. The normalized spacial score (nSPS) is 12.5. The van der Waals surface area contributed by atoms with E-state index in [-0.39, 0.29) is 0 Å². The Balaban J connectivity index is 2.09. The summed E-state index contributed by atoms with van der Waals surface area (Å²) in [6.45, 7) is 0.679. The lowest BCUT2D eigenvalue weighted by Gasteiger charge is -2.30. The van der Waals surface area contributed by atoms with Crippen LogP contribution in [0.25, 0.3) is 0 Å². The Bertz CT molecular complexity index is 573. The van der Waals surface area contributed by atoms with Crippen LogP contribution in [-0.4, -0.2) is 11.5 Å². The molecule has 1 aromatic heterocycles. The van der Waals surface area contributed by atoms with E-state index >= 15 is 0 Å². The molecule has 88 valence electrons. The summed E-state index contributed by atoms with van der Waals surface area (Å²) in [7, 11) is 0. The van der Waals surface area contributed by atoms with Crippen LogP contribution in [0.3, 0.4) is 0 Å². The van der Waals surface area contributed by atoms with Gasteiger partial charge in [-0.05, 0) is 24.3 Å². The molecule has 2 heterocycles. The molecule has 0 fully saturated rings. The average Bonchev–Trinajstić information content (AvgIpc) is 2.43. The molecule has 2 aromatic rings. The highest BCUT2D eigenvalue weighted by Gasteiger charge is 2.23. The highest BCUT2D eigenvalue weighted by molar-refractivity contribution is 7.99. The number of pyridine rings is 1. The number of para-hydroxylation sites is 1. The molecule has 1 aliphatic rings. The molecule has 0 spiro atoms. The molecule has 1 aliphatic heterocycles. The molecule has 18 heavy (non-hydrogen) atoms. The van der Waals surface area contributed by atoms with Gasteiger partial charge in [0.1, 0.15) is 5.82 Å². The van der Waals surface area contributed by atoms with E-state index in [0.29, 0.717) is 13.0 Å². The van der Waals surface area contributed by atoms with Crippen LogP contribution in [0.1, 0.15) is 6.42 Å². The number of hydrogen-bond donors (Lipinski definition) is 0. The lowest BCUT2D eigenvalue weighted by Crippen LogP contribution is -2.22. The second kappa shape index (κ2) is 4.71. The Hall–Kier alpha value is -1.99. The number of rotatable bonds is 2. The van der Waals surface area contributed by atoms with Crippen molar-refractivity contribution in [3.63, 3.8) is 0 Å². The zero-order valence-corrected chi connectivity index (χ0v) is 10.5. The summed E-state index contributed by atoms with van der Waals surface area (Å²) in [6.07, 6.45) is 2.29. The highest BCUT2D eigenvalue weighted by Crippen LogP contribution is 2.46. The minimum Gasteiger partial charge on any atom is -0.323 e. The zero-order chi connectivity index (χ0) is 12.4. The van der Waals surface area contributed by atoms with E-state index in [1.54, 1.807) is 18.0 Å². The van der Waals surface area contributed by atoms with E-state index in [4.69, 9.17) is 5.26 Å². The van der Waals surface area contributed by atoms with Gasteiger partial charge in [-0.25, -0.2) is 4.98 Å². The van der Waals surface area contributed by atoms with Gasteiger partial charge in [0.2, 0.25) is 0 Å². The molecule has 3 rings (SSSR count). The van der Waals surface area contributed by atoms with Gasteiger partial charge in [0.15, 0.2) is 0 Å². The molecule has 0 N–H and O–H groups in total. The first kappa shape index (κ1) is 11.1. The van der Waals surface area contributed by atoms with Crippen molar-refractivity contribution in [1.82, 2.24) is 4.98 Å². The summed E-state index contributed by atoms with van der Waals surface area (Å²) in [6, 6.07) is 14.5. The van der Waals surface area contributed by atoms with Crippen LogP contribution in [0.5, 0.6) is 0 Å². The largest absolute Gasteiger partial charge is 0.323 e. The molecule has 0 saturated heterocycles. The molecule has 0 amide bonds. The molecule has 0 saturated carbocycles. The van der Waals surface area contributed by atoms with E-state index < -0.39 is 0 Å². The third-order valence-electron chi connectivity index (χ3n) is 2.83. The second-order valence-electron chi connectivity index (χ2n) is 3.95. The van der Waals surface area contributed by atoms with Crippen LogP contribution in [-0.2, 0) is 0 Å². The van der Waals surface area contributed by atoms with Crippen LogP contribution in [0, 0.1) is 11.3 Å². The number of benzene rings is 1. The number of nitriles is 1. The quantitative estimate of drug-likeness (QED) is 0.820. The Morgan fingerprint density at radius 2 is 2.00 bits per heavy atom. The second-order valence-corrected chi connectivity index (χ2v) is 5.04. The highest BCUT2D eigenvalue weighted by atomic mass is 32.2. The van der Waals surface area contributed by atoms with Gasteiger partial charge in [0, 0.05) is 17.6 Å². The first-order valence-corrected chi connectivity index (χ1v) is 6.58. The summed E-state index contributed by atoms with van der Waals surface area (Å²) in [5.74, 6) is 0.955. The predicted octanol–water partition coefficient (Wildman–Crippen LogP) is 3.60. The first-order valence-electron chi connectivity index (χ1n) is 5.76. The summed E-state index contributed by atoms with van der Waals surface area (Å²) in [4.78, 5) is 8.94. The maximum Gasteiger partial charge on any atom is 0.147 e. The van der Waals surface area contributed by atoms with Crippen molar-refractivity contribution in [3.8, 4) is 6.07 Å². The van der Waals surface area contributed by atoms with Gasteiger partial charge in [-0.3, -0.25) is 0 Å². The van der Waals surface area contributed by atoms with Crippen molar-refractivity contribution in [3.05, 3.63) is 42.6 Å². The van der Waals surface area contributed by atoms with Crippen LogP contribution < -0.4 is 4.90 Å². The van der Waals surface area contributed by atoms with E-state index in [9.17, 15) is 0 Å². The Morgan fingerprint density at radius 1 is 1.17 bits per heavy atom. The van der Waals surface area contributed by atoms with Crippen LogP contribution in [0.15, 0.2) is 52.4 Å². The van der Waals surface area contributed by atoms with Crippen molar-refractivity contribution >= 4 is 23.3 Å². The van der Waals surface area contributed by atoms with Gasteiger partial charge < -0.3 is 4.90 Å². The lowest BCUT2D eigenvalue weighted by atomic mass is 10.2. The number of anilines is 2. The third kappa shape index (κ3) is 1.83. The Kier molecular flexibility index (Phi) is 2.91. The van der Waals surface area contributed by atoms with Gasteiger partial charge >= 0.3 is 0 Å². The molecular weight excluding hydrogens is 242 g/mol. The van der Waals surface area contributed by atoms with Crippen molar-refractivity contribution in [2.24, 2.45) is 0 Å². The fourth-order valence-electron chi connectivity index (χ4n) is 2.05. The molecule has 0 unspecified atom stereocenters. The summed E-state index contributed by atoms with van der Waals surface area (Å²) in [5, 5.41) is 8.79.